The van der Waals surface area contributed by atoms with Gasteiger partial charge in [-0.15, -0.1) is 0 Å². The van der Waals surface area contributed by atoms with Crippen molar-refractivity contribution >= 4 is 33.7 Å². The van der Waals surface area contributed by atoms with Crippen molar-refractivity contribution in [1.82, 2.24) is 4.98 Å². The van der Waals surface area contributed by atoms with E-state index < -0.39 is 27.3 Å². The van der Waals surface area contributed by atoms with Gasteiger partial charge in [-0.3, -0.25) is 25.2 Å². The largest absolute Gasteiger partial charge is 0.416 e. The van der Waals surface area contributed by atoms with Gasteiger partial charge in [-0.2, -0.15) is 13.2 Å². The van der Waals surface area contributed by atoms with Crippen LogP contribution in [0.2, 0.25) is 0 Å². The molecule has 1 saturated heterocycles. The van der Waals surface area contributed by atoms with E-state index in [0.717, 1.165) is 12.1 Å². The second kappa shape index (κ2) is 7.94. The third-order valence-corrected chi connectivity index (χ3v) is 5.38. The summed E-state index contributed by atoms with van der Waals surface area (Å²) in [6.07, 6.45) is -3.14. The van der Waals surface area contributed by atoms with Gasteiger partial charge < -0.3 is 9.80 Å². The first-order chi connectivity index (χ1) is 15.2. The third kappa shape index (κ3) is 3.86. The van der Waals surface area contributed by atoms with Gasteiger partial charge in [-0.1, -0.05) is 0 Å². The van der Waals surface area contributed by atoms with Crippen LogP contribution in [0.3, 0.4) is 0 Å². The van der Waals surface area contributed by atoms with Crippen molar-refractivity contribution in [1.29, 1.82) is 0 Å². The Morgan fingerprint density at radius 3 is 2.03 bits per heavy atom. The molecule has 1 fully saturated rings. The number of aromatic nitrogens is 1. The zero-order valence-electron chi connectivity index (χ0n) is 16.5. The number of piperazine rings is 1. The van der Waals surface area contributed by atoms with Crippen molar-refractivity contribution < 1.29 is 23.0 Å². The fourth-order valence-corrected chi connectivity index (χ4v) is 3.86. The number of non-ortho nitro benzene ring substituents is 1. The van der Waals surface area contributed by atoms with Crippen molar-refractivity contribution in [2.75, 3.05) is 36.0 Å². The van der Waals surface area contributed by atoms with E-state index >= 15 is 0 Å². The lowest BCUT2D eigenvalue weighted by Crippen LogP contribution is -2.46. The highest BCUT2D eigenvalue weighted by molar-refractivity contribution is 5.97. The molecule has 1 aliphatic heterocycles. The van der Waals surface area contributed by atoms with Crippen LogP contribution in [-0.4, -0.2) is 41.0 Å². The number of rotatable bonds is 4. The quantitative estimate of drug-likeness (QED) is 0.431. The molecule has 0 spiro atoms. The number of halogens is 3. The average molecular weight is 447 g/mol. The lowest BCUT2D eigenvalue weighted by molar-refractivity contribution is -0.384. The molecular weight excluding hydrogens is 431 g/mol. The number of nitrogens with zero attached hydrogens (tertiary/aromatic N) is 5. The highest BCUT2D eigenvalue weighted by atomic mass is 19.4. The molecule has 32 heavy (non-hydrogen) atoms. The minimum atomic E-state index is -4.67. The molecule has 166 valence electrons. The number of nitro groups is 2. The van der Waals surface area contributed by atoms with Gasteiger partial charge in [-0.25, -0.2) is 0 Å². The zero-order valence-corrected chi connectivity index (χ0v) is 16.5. The van der Waals surface area contributed by atoms with Crippen LogP contribution in [0.4, 0.5) is 35.9 Å². The van der Waals surface area contributed by atoms with Crippen LogP contribution in [0.25, 0.3) is 10.9 Å². The van der Waals surface area contributed by atoms with E-state index in [0.29, 0.717) is 48.8 Å². The van der Waals surface area contributed by atoms with E-state index in [2.05, 4.69) is 4.98 Å². The summed E-state index contributed by atoms with van der Waals surface area (Å²) in [6.45, 7) is 1.44. The minimum Gasteiger partial charge on any atom is -0.366 e. The predicted octanol–water partition coefficient (Wildman–Crippen LogP) is 4.40. The van der Waals surface area contributed by atoms with Crippen LogP contribution < -0.4 is 9.80 Å². The maximum Gasteiger partial charge on any atom is 0.416 e. The molecule has 0 saturated carbocycles. The Hall–Kier alpha value is -3.96. The SMILES string of the molecule is O=[N+]([O-])c1cc(C(F)(F)F)ccc1N1CCN(c2ccc([N+](=O)[O-])c3cccnc23)CC1. The first kappa shape index (κ1) is 21.3. The summed E-state index contributed by atoms with van der Waals surface area (Å²) in [4.78, 5) is 29.3. The van der Waals surface area contributed by atoms with Crippen LogP contribution in [-0.2, 0) is 6.18 Å². The van der Waals surface area contributed by atoms with E-state index in [4.69, 9.17) is 0 Å². The van der Waals surface area contributed by atoms with Gasteiger partial charge in [0, 0.05) is 44.5 Å². The Bertz CT molecular complexity index is 1210. The normalized spacial score (nSPS) is 14.6. The molecule has 0 unspecified atom stereocenters. The third-order valence-electron chi connectivity index (χ3n) is 5.38. The monoisotopic (exact) mass is 447 g/mol. The standard InChI is InChI=1S/C20H16F3N5O4/c21-20(22,23)13-3-4-16(18(12-13)28(31)32)25-8-10-26(11-9-25)17-6-5-15(27(29)30)14-2-1-7-24-19(14)17/h1-7,12H,8-11H2. The lowest BCUT2D eigenvalue weighted by Gasteiger charge is -2.37. The van der Waals surface area contributed by atoms with Crippen LogP contribution >= 0.6 is 0 Å². The topological polar surface area (TPSA) is 106 Å². The lowest BCUT2D eigenvalue weighted by atomic mass is 10.1. The molecule has 0 atom stereocenters. The van der Waals surface area contributed by atoms with Crippen LogP contribution in [0.1, 0.15) is 5.56 Å². The number of nitro benzene ring substituents is 2. The fraction of sp³-hybridized carbons (Fsp3) is 0.250. The van der Waals surface area contributed by atoms with Gasteiger partial charge in [0.15, 0.2) is 0 Å². The van der Waals surface area contributed by atoms with Gasteiger partial charge in [0.1, 0.15) is 11.2 Å². The molecule has 0 N–H and O–H groups in total. The molecule has 1 aromatic heterocycles. The number of hydrogen-bond acceptors (Lipinski definition) is 7. The molecule has 2 aromatic carbocycles. The summed E-state index contributed by atoms with van der Waals surface area (Å²) in [5, 5.41) is 23.1. The molecule has 9 nitrogen and oxygen atoms in total. The molecule has 0 amide bonds. The van der Waals surface area contributed by atoms with Gasteiger partial charge in [0.25, 0.3) is 11.4 Å². The highest BCUT2D eigenvalue weighted by Crippen LogP contribution is 2.38. The number of anilines is 2. The van der Waals surface area contributed by atoms with Gasteiger partial charge in [0.2, 0.25) is 0 Å². The van der Waals surface area contributed by atoms with Crippen molar-refractivity contribution in [2.45, 2.75) is 6.18 Å². The van der Waals surface area contributed by atoms with Crippen LogP contribution in [0.5, 0.6) is 0 Å². The van der Waals surface area contributed by atoms with Gasteiger partial charge >= 0.3 is 6.18 Å². The van der Waals surface area contributed by atoms with Crippen LogP contribution in [0.15, 0.2) is 48.7 Å². The summed E-state index contributed by atoms with van der Waals surface area (Å²) in [6, 6.07) is 8.76. The van der Waals surface area contributed by atoms with Crippen LogP contribution in [0, 0.1) is 20.2 Å². The average Bonchev–Trinajstić information content (AvgIpc) is 2.77. The molecule has 1 aliphatic rings. The molecule has 0 aliphatic carbocycles. The van der Waals surface area contributed by atoms with E-state index in [-0.39, 0.29) is 11.4 Å². The number of benzene rings is 2. The summed E-state index contributed by atoms with van der Waals surface area (Å²) in [7, 11) is 0. The molecule has 4 rings (SSSR count). The van der Waals surface area contributed by atoms with Gasteiger partial charge in [-0.05, 0) is 30.3 Å². The number of hydrogen-bond donors (Lipinski definition) is 0. The minimum absolute atomic E-state index is 0.0594. The number of fused-ring (bicyclic) bond motifs is 1. The highest BCUT2D eigenvalue weighted by Gasteiger charge is 2.34. The van der Waals surface area contributed by atoms with Gasteiger partial charge in [0.05, 0.1) is 26.5 Å². The molecule has 0 bridgehead atoms. The summed E-state index contributed by atoms with van der Waals surface area (Å²) >= 11 is 0. The van der Waals surface area contributed by atoms with Crippen molar-refractivity contribution in [3.8, 4) is 0 Å². The Morgan fingerprint density at radius 2 is 1.44 bits per heavy atom. The van der Waals surface area contributed by atoms with E-state index in [1.807, 2.05) is 4.90 Å². The second-order valence-electron chi connectivity index (χ2n) is 7.19. The number of pyridine rings is 1. The molecule has 12 heteroatoms. The second-order valence-corrected chi connectivity index (χ2v) is 7.19. The molecule has 2 heterocycles. The Balaban J connectivity index is 1.60. The summed E-state index contributed by atoms with van der Waals surface area (Å²) in [5.74, 6) is 0. The van der Waals surface area contributed by atoms with E-state index in [1.54, 1.807) is 23.1 Å². The maximum absolute atomic E-state index is 13.0. The van der Waals surface area contributed by atoms with E-state index in [9.17, 15) is 33.4 Å². The zero-order chi connectivity index (χ0) is 23.0. The Morgan fingerprint density at radius 1 is 0.844 bits per heavy atom. The summed E-state index contributed by atoms with van der Waals surface area (Å²) < 4.78 is 38.9. The first-order valence-corrected chi connectivity index (χ1v) is 9.54. The molecule has 0 radical (unpaired) electrons. The van der Waals surface area contributed by atoms with Crippen molar-refractivity contribution in [3.05, 3.63) is 74.5 Å². The van der Waals surface area contributed by atoms with Crippen molar-refractivity contribution in [3.63, 3.8) is 0 Å². The Kier molecular flexibility index (Phi) is 5.28. The Labute approximate surface area is 179 Å². The predicted molar refractivity (Wildman–Crippen MR) is 111 cm³/mol. The number of alkyl halides is 3. The molecular formula is C20H16F3N5O4. The van der Waals surface area contributed by atoms with E-state index in [1.165, 1.54) is 12.3 Å². The van der Waals surface area contributed by atoms with Crippen molar-refractivity contribution in [2.24, 2.45) is 0 Å². The summed E-state index contributed by atoms with van der Waals surface area (Å²) in [5.41, 5.74) is -0.459. The first-order valence-electron chi connectivity index (χ1n) is 9.54. The smallest absolute Gasteiger partial charge is 0.366 e. The maximum atomic E-state index is 13.0. The molecule has 3 aromatic rings. The fourth-order valence-electron chi connectivity index (χ4n) is 3.86.